The molecule has 0 bridgehead atoms. The number of esters is 1. The Kier molecular flexibility index (Phi) is 5.96. The predicted molar refractivity (Wildman–Crippen MR) is 89.2 cm³/mol. The van der Waals surface area contributed by atoms with Crippen molar-refractivity contribution in [2.24, 2.45) is 5.92 Å². The summed E-state index contributed by atoms with van der Waals surface area (Å²) in [5.74, 6) is 1.11. The van der Waals surface area contributed by atoms with Gasteiger partial charge < -0.3 is 14.7 Å². The average molecular weight is 321 g/mol. The molecule has 0 unspecified atom stereocenters. The van der Waals surface area contributed by atoms with E-state index >= 15 is 0 Å². The van der Waals surface area contributed by atoms with Gasteiger partial charge in [-0.2, -0.15) is 0 Å². The summed E-state index contributed by atoms with van der Waals surface area (Å²) < 4.78 is 4.78. The summed E-state index contributed by atoms with van der Waals surface area (Å²) in [7, 11) is 1.39. The predicted octanol–water partition coefficient (Wildman–Crippen LogP) is 1.33. The SMILES string of the molecule is COC(=O)C(C)(C)NCc1ccc(N2CCC(CO)CC2)nc1. The Balaban J connectivity index is 1.89. The lowest BCUT2D eigenvalue weighted by Gasteiger charge is -2.32. The van der Waals surface area contributed by atoms with Crippen molar-refractivity contribution in [2.45, 2.75) is 38.8 Å². The lowest BCUT2D eigenvalue weighted by molar-refractivity contribution is -0.147. The largest absolute Gasteiger partial charge is 0.468 e. The highest BCUT2D eigenvalue weighted by Crippen LogP contribution is 2.21. The van der Waals surface area contributed by atoms with Gasteiger partial charge in [0.05, 0.1) is 7.11 Å². The molecular weight excluding hydrogens is 294 g/mol. The number of ether oxygens (including phenoxy) is 1. The zero-order chi connectivity index (χ0) is 16.9. The van der Waals surface area contributed by atoms with Gasteiger partial charge in [0.2, 0.25) is 0 Å². The highest BCUT2D eigenvalue weighted by atomic mass is 16.5. The lowest BCUT2D eigenvalue weighted by Crippen LogP contribution is -2.46. The highest BCUT2D eigenvalue weighted by Gasteiger charge is 2.27. The fourth-order valence-electron chi connectivity index (χ4n) is 2.70. The Morgan fingerprint density at radius 2 is 2.13 bits per heavy atom. The van der Waals surface area contributed by atoms with Crippen molar-refractivity contribution in [3.8, 4) is 0 Å². The molecule has 0 spiro atoms. The van der Waals surface area contributed by atoms with Crippen molar-refractivity contribution in [1.82, 2.24) is 10.3 Å². The number of aliphatic hydroxyl groups is 1. The number of pyridine rings is 1. The topological polar surface area (TPSA) is 74.7 Å². The lowest BCUT2D eigenvalue weighted by atomic mass is 9.98. The summed E-state index contributed by atoms with van der Waals surface area (Å²) in [5.41, 5.74) is 0.301. The third kappa shape index (κ3) is 4.65. The molecule has 0 amide bonds. The van der Waals surface area contributed by atoms with E-state index in [-0.39, 0.29) is 12.6 Å². The number of piperidine rings is 1. The van der Waals surface area contributed by atoms with Crippen LogP contribution in [0.1, 0.15) is 32.3 Å². The molecule has 2 rings (SSSR count). The van der Waals surface area contributed by atoms with Crippen molar-refractivity contribution in [3.05, 3.63) is 23.9 Å². The van der Waals surface area contributed by atoms with Crippen molar-refractivity contribution < 1.29 is 14.6 Å². The van der Waals surface area contributed by atoms with E-state index in [4.69, 9.17) is 4.74 Å². The molecule has 1 saturated heterocycles. The van der Waals surface area contributed by atoms with E-state index in [1.54, 1.807) is 13.8 Å². The molecule has 0 aliphatic carbocycles. The third-order valence-corrected chi connectivity index (χ3v) is 4.44. The molecule has 0 atom stereocenters. The number of aromatic nitrogens is 1. The van der Waals surface area contributed by atoms with Gasteiger partial charge in [-0.05, 0) is 44.2 Å². The quantitative estimate of drug-likeness (QED) is 0.770. The van der Waals surface area contributed by atoms with E-state index in [2.05, 4.69) is 15.2 Å². The summed E-state index contributed by atoms with van der Waals surface area (Å²) in [4.78, 5) is 18.4. The van der Waals surface area contributed by atoms with Crippen LogP contribution in [-0.2, 0) is 16.1 Å². The standard InChI is InChI=1S/C17H27N3O3/c1-17(2,16(22)23-3)19-11-14-4-5-15(18-10-14)20-8-6-13(12-21)7-9-20/h4-5,10,13,19,21H,6-9,11-12H2,1-3H3. The second-order valence-electron chi connectivity index (χ2n) is 6.61. The van der Waals surface area contributed by atoms with Crippen LogP contribution < -0.4 is 10.2 Å². The van der Waals surface area contributed by atoms with Gasteiger partial charge in [-0.3, -0.25) is 10.1 Å². The van der Waals surface area contributed by atoms with Crippen molar-refractivity contribution in [1.29, 1.82) is 0 Å². The fraction of sp³-hybridized carbons (Fsp3) is 0.647. The van der Waals surface area contributed by atoms with Crippen LogP contribution in [0.2, 0.25) is 0 Å². The first-order chi connectivity index (χ1) is 11.0. The molecular formula is C17H27N3O3. The third-order valence-electron chi connectivity index (χ3n) is 4.44. The molecule has 23 heavy (non-hydrogen) atoms. The number of methoxy groups -OCH3 is 1. The summed E-state index contributed by atoms with van der Waals surface area (Å²) in [6.07, 6.45) is 3.86. The molecule has 128 valence electrons. The molecule has 0 saturated carbocycles. The molecule has 1 aromatic rings. The maximum atomic E-state index is 11.6. The summed E-state index contributed by atoms with van der Waals surface area (Å²) in [5, 5.41) is 12.4. The molecule has 0 aromatic carbocycles. The second kappa shape index (κ2) is 7.75. The monoisotopic (exact) mass is 321 g/mol. The summed E-state index contributed by atoms with van der Waals surface area (Å²) in [6, 6.07) is 4.04. The van der Waals surface area contributed by atoms with Gasteiger partial charge in [0.1, 0.15) is 11.4 Å². The number of rotatable bonds is 6. The minimum absolute atomic E-state index is 0.280. The van der Waals surface area contributed by atoms with Crippen LogP contribution in [0.25, 0.3) is 0 Å². The highest BCUT2D eigenvalue weighted by molar-refractivity contribution is 5.79. The van der Waals surface area contributed by atoms with E-state index < -0.39 is 5.54 Å². The van der Waals surface area contributed by atoms with Crippen molar-refractivity contribution >= 4 is 11.8 Å². The van der Waals surface area contributed by atoms with Gasteiger partial charge in [0.25, 0.3) is 0 Å². The number of nitrogens with zero attached hydrogens (tertiary/aromatic N) is 2. The molecule has 2 heterocycles. The average Bonchev–Trinajstić information content (AvgIpc) is 2.60. The van der Waals surface area contributed by atoms with Gasteiger partial charge in [0.15, 0.2) is 0 Å². The Morgan fingerprint density at radius 3 is 2.65 bits per heavy atom. The number of anilines is 1. The van der Waals surface area contributed by atoms with Crippen LogP contribution in [0.3, 0.4) is 0 Å². The first-order valence-corrected chi connectivity index (χ1v) is 8.10. The molecule has 1 fully saturated rings. The molecule has 0 radical (unpaired) electrons. The van der Waals surface area contributed by atoms with Crippen LogP contribution in [0.4, 0.5) is 5.82 Å². The Hall–Kier alpha value is -1.66. The van der Waals surface area contributed by atoms with Crippen LogP contribution in [0, 0.1) is 5.92 Å². The zero-order valence-corrected chi connectivity index (χ0v) is 14.2. The van der Waals surface area contributed by atoms with E-state index in [0.29, 0.717) is 12.5 Å². The number of hydrogen-bond acceptors (Lipinski definition) is 6. The van der Waals surface area contributed by atoms with E-state index in [1.165, 1.54) is 7.11 Å². The van der Waals surface area contributed by atoms with Gasteiger partial charge in [-0.15, -0.1) is 0 Å². The Labute approximate surface area is 137 Å². The van der Waals surface area contributed by atoms with Crippen molar-refractivity contribution in [3.63, 3.8) is 0 Å². The maximum Gasteiger partial charge on any atom is 0.325 e. The van der Waals surface area contributed by atoms with Gasteiger partial charge in [0, 0.05) is 32.4 Å². The summed E-state index contributed by atoms with van der Waals surface area (Å²) in [6.45, 7) is 6.30. The van der Waals surface area contributed by atoms with E-state index in [9.17, 15) is 9.90 Å². The van der Waals surface area contributed by atoms with Gasteiger partial charge >= 0.3 is 5.97 Å². The minimum Gasteiger partial charge on any atom is -0.468 e. The van der Waals surface area contributed by atoms with Crippen LogP contribution >= 0.6 is 0 Å². The second-order valence-corrected chi connectivity index (χ2v) is 6.61. The van der Waals surface area contributed by atoms with E-state index in [1.807, 2.05) is 18.3 Å². The summed E-state index contributed by atoms with van der Waals surface area (Å²) >= 11 is 0. The fourth-order valence-corrected chi connectivity index (χ4v) is 2.70. The molecule has 1 aliphatic heterocycles. The molecule has 1 aromatic heterocycles. The molecule has 6 heteroatoms. The van der Waals surface area contributed by atoms with E-state index in [0.717, 1.165) is 37.3 Å². The minimum atomic E-state index is -0.723. The van der Waals surface area contributed by atoms with Gasteiger partial charge in [-0.1, -0.05) is 6.07 Å². The Morgan fingerprint density at radius 1 is 1.43 bits per heavy atom. The first-order valence-electron chi connectivity index (χ1n) is 8.10. The molecule has 2 N–H and O–H groups in total. The number of carbonyl (C=O) groups is 1. The van der Waals surface area contributed by atoms with Crippen LogP contribution in [0.15, 0.2) is 18.3 Å². The zero-order valence-electron chi connectivity index (χ0n) is 14.2. The number of hydrogen-bond donors (Lipinski definition) is 2. The van der Waals surface area contributed by atoms with Crippen LogP contribution in [-0.4, -0.2) is 48.4 Å². The molecule has 6 nitrogen and oxygen atoms in total. The van der Waals surface area contributed by atoms with Crippen molar-refractivity contribution in [2.75, 3.05) is 31.7 Å². The Bertz CT molecular complexity index is 508. The normalized spacial score (nSPS) is 16.4. The first kappa shape index (κ1) is 17.7. The maximum absolute atomic E-state index is 11.6. The number of carbonyl (C=O) groups excluding carboxylic acids is 1. The number of nitrogens with one attached hydrogen (secondary N) is 1. The smallest absolute Gasteiger partial charge is 0.325 e. The molecule has 1 aliphatic rings. The number of aliphatic hydroxyl groups excluding tert-OH is 1. The van der Waals surface area contributed by atoms with Gasteiger partial charge in [-0.25, -0.2) is 4.98 Å². The van der Waals surface area contributed by atoms with Crippen LogP contribution in [0.5, 0.6) is 0 Å².